The van der Waals surface area contributed by atoms with E-state index in [0.29, 0.717) is 12.1 Å². The van der Waals surface area contributed by atoms with Crippen LogP contribution in [0.2, 0.25) is 5.02 Å². The van der Waals surface area contributed by atoms with E-state index in [1.165, 1.54) is 0 Å². The quantitative estimate of drug-likeness (QED) is 0.903. The van der Waals surface area contributed by atoms with E-state index in [0.717, 1.165) is 21.2 Å². The molecule has 0 saturated heterocycles. The van der Waals surface area contributed by atoms with Gasteiger partial charge in [-0.05, 0) is 30.7 Å². The topological polar surface area (TPSA) is 41.1 Å². The zero-order chi connectivity index (χ0) is 13.8. The number of amides is 1. The first-order chi connectivity index (χ1) is 9.11. The van der Waals surface area contributed by atoms with Crippen LogP contribution >= 0.6 is 22.9 Å². The van der Waals surface area contributed by atoms with Crippen LogP contribution in [-0.2, 0) is 6.54 Å². The number of benzene rings is 1. The predicted molar refractivity (Wildman–Crippen MR) is 81.2 cm³/mol. The van der Waals surface area contributed by atoms with Crippen LogP contribution in [0.3, 0.4) is 0 Å². The zero-order valence-corrected chi connectivity index (χ0v) is 12.4. The molecule has 5 heteroatoms. The molecule has 3 nitrogen and oxygen atoms in total. The van der Waals surface area contributed by atoms with Crippen LogP contribution in [0, 0.1) is 6.92 Å². The number of anilines is 1. The molecular formula is C14H15ClN2OS. The summed E-state index contributed by atoms with van der Waals surface area (Å²) in [5, 5.41) is 8.65. The fourth-order valence-corrected chi connectivity index (χ4v) is 2.85. The number of hydrogen-bond donors (Lipinski definition) is 2. The molecule has 0 fully saturated rings. The Morgan fingerprint density at radius 2 is 2.21 bits per heavy atom. The van der Waals surface area contributed by atoms with Crippen molar-refractivity contribution in [2.24, 2.45) is 0 Å². The number of nitrogens with one attached hydrogen (secondary N) is 2. The van der Waals surface area contributed by atoms with Crippen molar-refractivity contribution in [1.82, 2.24) is 5.32 Å². The van der Waals surface area contributed by atoms with Gasteiger partial charge in [0.1, 0.15) is 0 Å². The van der Waals surface area contributed by atoms with Crippen molar-refractivity contribution in [3.63, 3.8) is 0 Å². The number of halogens is 1. The summed E-state index contributed by atoms with van der Waals surface area (Å²) in [7, 11) is 1.63. The van der Waals surface area contributed by atoms with Crippen LogP contribution in [0.1, 0.15) is 20.8 Å². The Morgan fingerprint density at radius 1 is 1.42 bits per heavy atom. The van der Waals surface area contributed by atoms with Gasteiger partial charge in [-0.3, -0.25) is 4.79 Å². The maximum absolute atomic E-state index is 11.7. The maximum atomic E-state index is 11.7. The molecule has 100 valence electrons. The third kappa shape index (κ3) is 3.28. The number of carbonyl (C=O) groups excluding carboxylic acids is 1. The normalized spacial score (nSPS) is 10.3. The second-order valence-electron chi connectivity index (χ2n) is 4.14. The molecule has 1 aromatic heterocycles. The Morgan fingerprint density at radius 3 is 2.84 bits per heavy atom. The summed E-state index contributed by atoms with van der Waals surface area (Å²) in [6.07, 6.45) is 0. The molecule has 0 spiro atoms. The first kappa shape index (κ1) is 13.9. The number of hydrogen-bond acceptors (Lipinski definition) is 3. The molecule has 0 bridgehead atoms. The summed E-state index contributed by atoms with van der Waals surface area (Å²) in [6.45, 7) is 2.64. The standard InChI is InChI=1S/C14H15ClN2OS/c1-9-12(14(18)16-2)4-3-5-13(9)17-7-11-6-10(15)8-19-11/h3-6,8,17H,7H2,1-2H3,(H,16,18). The monoisotopic (exact) mass is 294 g/mol. The third-order valence-corrected chi connectivity index (χ3v) is 4.16. The van der Waals surface area contributed by atoms with Crippen molar-refractivity contribution >= 4 is 34.5 Å². The molecule has 1 heterocycles. The van der Waals surface area contributed by atoms with Gasteiger partial charge in [0, 0.05) is 35.1 Å². The molecule has 0 aliphatic rings. The summed E-state index contributed by atoms with van der Waals surface area (Å²) in [5.74, 6) is -0.0691. The smallest absolute Gasteiger partial charge is 0.251 e. The van der Waals surface area contributed by atoms with E-state index in [9.17, 15) is 4.79 Å². The molecule has 19 heavy (non-hydrogen) atoms. The van der Waals surface area contributed by atoms with Crippen LogP contribution < -0.4 is 10.6 Å². The van der Waals surface area contributed by atoms with Gasteiger partial charge in [0.25, 0.3) is 5.91 Å². The Hall–Kier alpha value is -1.52. The van der Waals surface area contributed by atoms with Crippen molar-refractivity contribution < 1.29 is 4.79 Å². The van der Waals surface area contributed by atoms with Gasteiger partial charge in [0.05, 0.1) is 5.02 Å². The van der Waals surface area contributed by atoms with Crippen LogP contribution in [0.5, 0.6) is 0 Å². The minimum absolute atomic E-state index is 0.0691. The van der Waals surface area contributed by atoms with Crippen LogP contribution in [0.4, 0.5) is 5.69 Å². The van der Waals surface area contributed by atoms with Crippen molar-refractivity contribution in [3.05, 3.63) is 50.7 Å². The van der Waals surface area contributed by atoms with Gasteiger partial charge in [0.2, 0.25) is 0 Å². The van der Waals surface area contributed by atoms with Crippen molar-refractivity contribution in [3.8, 4) is 0 Å². The SMILES string of the molecule is CNC(=O)c1cccc(NCc2cc(Cl)cs2)c1C. The summed E-state index contributed by atoms with van der Waals surface area (Å²) in [6, 6.07) is 7.61. The Bertz CT molecular complexity index is 595. The van der Waals surface area contributed by atoms with E-state index >= 15 is 0 Å². The molecule has 2 rings (SSSR count). The minimum Gasteiger partial charge on any atom is -0.380 e. The second kappa shape index (κ2) is 6.08. The minimum atomic E-state index is -0.0691. The second-order valence-corrected chi connectivity index (χ2v) is 5.57. The van der Waals surface area contributed by atoms with Crippen LogP contribution in [0.15, 0.2) is 29.6 Å². The molecule has 0 aliphatic carbocycles. The average molecular weight is 295 g/mol. The van der Waals surface area contributed by atoms with E-state index < -0.39 is 0 Å². The molecule has 0 aliphatic heterocycles. The lowest BCUT2D eigenvalue weighted by Crippen LogP contribution is -2.19. The van der Waals surface area contributed by atoms with Gasteiger partial charge in [-0.1, -0.05) is 17.7 Å². The lowest BCUT2D eigenvalue weighted by molar-refractivity contribution is 0.0962. The summed E-state index contributed by atoms with van der Waals surface area (Å²) < 4.78 is 0. The highest BCUT2D eigenvalue weighted by molar-refractivity contribution is 7.10. The molecule has 0 radical (unpaired) electrons. The molecule has 1 aromatic carbocycles. The van der Waals surface area contributed by atoms with Gasteiger partial charge in [-0.2, -0.15) is 0 Å². The predicted octanol–water partition coefficient (Wildman–Crippen LogP) is 3.68. The van der Waals surface area contributed by atoms with E-state index in [1.807, 2.05) is 36.6 Å². The summed E-state index contributed by atoms with van der Waals surface area (Å²) in [4.78, 5) is 12.9. The molecule has 1 amide bonds. The number of thiophene rings is 1. The van der Waals surface area contributed by atoms with E-state index in [4.69, 9.17) is 11.6 Å². The summed E-state index contributed by atoms with van der Waals surface area (Å²) >= 11 is 7.50. The third-order valence-electron chi connectivity index (χ3n) is 2.88. The van der Waals surface area contributed by atoms with Crippen LogP contribution in [-0.4, -0.2) is 13.0 Å². The maximum Gasteiger partial charge on any atom is 0.251 e. The van der Waals surface area contributed by atoms with E-state index in [-0.39, 0.29) is 5.91 Å². The first-order valence-electron chi connectivity index (χ1n) is 5.90. The van der Waals surface area contributed by atoms with Gasteiger partial charge in [0.15, 0.2) is 0 Å². The Balaban J connectivity index is 2.14. The highest BCUT2D eigenvalue weighted by Crippen LogP contribution is 2.23. The Labute approximate surface area is 121 Å². The largest absolute Gasteiger partial charge is 0.380 e. The van der Waals surface area contributed by atoms with E-state index in [2.05, 4.69) is 10.6 Å². The van der Waals surface area contributed by atoms with Gasteiger partial charge in [-0.25, -0.2) is 0 Å². The van der Waals surface area contributed by atoms with Crippen molar-refractivity contribution in [1.29, 1.82) is 0 Å². The molecule has 2 N–H and O–H groups in total. The fraction of sp³-hybridized carbons (Fsp3) is 0.214. The van der Waals surface area contributed by atoms with E-state index in [1.54, 1.807) is 18.4 Å². The first-order valence-corrected chi connectivity index (χ1v) is 7.16. The number of carbonyl (C=O) groups is 1. The van der Waals surface area contributed by atoms with Crippen LogP contribution in [0.25, 0.3) is 0 Å². The van der Waals surface area contributed by atoms with Gasteiger partial charge in [-0.15, -0.1) is 11.3 Å². The molecular weight excluding hydrogens is 280 g/mol. The fourth-order valence-electron chi connectivity index (χ4n) is 1.84. The Kier molecular flexibility index (Phi) is 4.45. The molecule has 0 saturated carbocycles. The summed E-state index contributed by atoms with van der Waals surface area (Å²) in [5.41, 5.74) is 2.60. The highest BCUT2D eigenvalue weighted by Gasteiger charge is 2.09. The van der Waals surface area contributed by atoms with Gasteiger partial charge >= 0.3 is 0 Å². The highest BCUT2D eigenvalue weighted by atomic mass is 35.5. The lowest BCUT2D eigenvalue weighted by atomic mass is 10.1. The number of rotatable bonds is 4. The lowest BCUT2D eigenvalue weighted by Gasteiger charge is -2.12. The van der Waals surface area contributed by atoms with Crippen molar-refractivity contribution in [2.45, 2.75) is 13.5 Å². The van der Waals surface area contributed by atoms with Gasteiger partial charge < -0.3 is 10.6 Å². The molecule has 0 atom stereocenters. The zero-order valence-electron chi connectivity index (χ0n) is 10.8. The average Bonchev–Trinajstić information content (AvgIpc) is 2.82. The van der Waals surface area contributed by atoms with Crippen molar-refractivity contribution in [2.75, 3.05) is 12.4 Å². The molecule has 0 unspecified atom stereocenters. The molecule has 2 aromatic rings.